The number of hydrogen-bond donors (Lipinski definition) is 2. The molecule has 1 aliphatic heterocycles. The molecule has 1 aliphatic carbocycles. The quantitative estimate of drug-likeness (QED) is 0.269. The first-order chi connectivity index (χ1) is 24.5. The minimum Gasteiger partial charge on any atom is -0.480 e. The zero-order chi connectivity index (χ0) is 36.7. The molecule has 13 nitrogen and oxygen atoms in total. The third kappa shape index (κ3) is 8.96. The summed E-state index contributed by atoms with van der Waals surface area (Å²) in [6, 6.07) is 5.84. The van der Waals surface area contributed by atoms with Gasteiger partial charge in [0.05, 0.1) is 13.2 Å². The van der Waals surface area contributed by atoms with Gasteiger partial charge in [-0.05, 0) is 72.6 Å². The van der Waals surface area contributed by atoms with E-state index in [0.29, 0.717) is 49.8 Å². The zero-order valence-corrected chi connectivity index (χ0v) is 30.0. The van der Waals surface area contributed by atoms with Gasteiger partial charge in [0, 0.05) is 44.7 Å². The van der Waals surface area contributed by atoms with Crippen LogP contribution in [0.2, 0.25) is 0 Å². The van der Waals surface area contributed by atoms with Crippen LogP contribution in [-0.2, 0) is 22.4 Å². The van der Waals surface area contributed by atoms with Crippen LogP contribution < -0.4 is 15.4 Å². The fourth-order valence-corrected chi connectivity index (χ4v) is 6.95. The van der Waals surface area contributed by atoms with Crippen molar-refractivity contribution in [2.75, 3.05) is 40.3 Å². The molecule has 2 fully saturated rings. The lowest BCUT2D eigenvalue weighted by Gasteiger charge is -2.36. The molecule has 14 heteroatoms. The summed E-state index contributed by atoms with van der Waals surface area (Å²) in [6.07, 6.45) is 5.07. The molecule has 5 rings (SSSR count). The van der Waals surface area contributed by atoms with Gasteiger partial charge in [-0.2, -0.15) is 0 Å². The molecule has 274 valence electrons. The molecule has 2 aromatic heterocycles. The molecule has 3 heterocycles. The van der Waals surface area contributed by atoms with Crippen molar-refractivity contribution in [2.45, 2.75) is 77.3 Å². The second-order valence-corrected chi connectivity index (χ2v) is 13.8. The van der Waals surface area contributed by atoms with Crippen LogP contribution in [0.1, 0.15) is 90.0 Å². The number of rotatable bonds is 13. The highest BCUT2D eigenvalue weighted by Crippen LogP contribution is 2.32. The number of carbonyl (C=O) groups excluding carboxylic acids is 4. The minimum absolute atomic E-state index is 0.0405. The van der Waals surface area contributed by atoms with Crippen molar-refractivity contribution in [3.05, 3.63) is 70.4 Å². The molecule has 1 saturated heterocycles. The number of Topliss-reactive ketones (excluding diaryl/α,β-unsaturated/α-hetero) is 1. The number of carbonyl (C=O) groups is 4. The van der Waals surface area contributed by atoms with E-state index in [9.17, 15) is 19.2 Å². The predicted molar refractivity (Wildman–Crippen MR) is 186 cm³/mol. The Kier molecular flexibility index (Phi) is 12.5. The van der Waals surface area contributed by atoms with E-state index in [-0.39, 0.29) is 46.7 Å². The normalized spacial score (nSPS) is 19.8. The topological polar surface area (TPSA) is 160 Å². The molecule has 1 aromatic carbocycles. The predicted octanol–water partition coefficient (Wildman–Crippen LogP) is 3.59. The summed E-state index contributed by atoms with van der Waals surface area (Å²) in [5.41, 5.74) is 1.25. The Morgan fingerprint density at radius 2 is 1.75 bits per heavy atom. The number of likely N-dealkylation sites (N-methyl/N-ethyl adjacent to an activating group) is 1. The highest BCUT2D eigenvalue weighted by atomic mass is 19.1. The van der Waals surface area contributed by atoms with Crippen molar-refractivity contribution in [2.24, 2.45) is 11.8 Å². The number of piperazine rings is 1. The molecule has 3 amide bonds. The van der Waals surface area contributed by atoms with Crippen molar-refractivity contribution in [1.82, 2.24) is 35.7 Å². The van der Waals surface area contributed by atoms with E-state index in [1.54, 1.807) is 36.1 Å². The lowest BCUT2D eigenvalue weighted by atomic mass is 9.77. The second kappa shape index (κ2) is 17.0. The van der Waals surface area contributed by atoms with Gasteiger partial charge in [0.1, 0.15) is 23.1 Å². The zero-order valence-electron chi connectivity index (χ0n) is 30.0. The van der Waals surface area contributed by atoms with Crippen LogP contribution in [0.25, 0.3) is 0 Å². The van der Waals surface area contributed by atoms with Crippen molar-refractivity contribution in [3.63, 3.8) is 0 Å². The van der Waals surface area contributed by atoms with Crippen LogP contribution in [0.3, 0.4) is 0 Å². The summed E-state index contributed by atoms with van der Waals surface area (Å²) >= 11 is 0. The van der Waals surface area contributed by atoms with E-state index in [1.807, 2.05) is 14.0 Å². The Labute approximate surface area is 297 Å². The Balaban J connectivity index is 1.36. The largest absolute Gasteiger partial charge is 0.480 e. The fraction of sp³-hybridized carbons (Fsp3) is 0.541. The van der Waals surface area contributed by atoms with Gasteiger partial charge < -0.3 is 25.2 Å². The number of nitrogens with zero attached hydrogens (tertiary/aromatic N) is 5. The number of aryl methyl sites for hydroxylation is 1. The molecule has 2 aliphatic rings. The lowest BCUT2D eigenvalue weighted by molar-refractivity contribution is -0.135. The highest BCUT2D eigenvalue weighted by molar-refractivity contribution is 6.00. The van der Waals surface area contributed by atoms with Crippen LogP contribution in [-0.4, -0.2) is 101 Å². The maximum Gasteiger partial charge on any atom is 0.276 e. The number of nitrogens with one attached hydrogen (secondary N) is 2. The Morgan fingerprint density at radius 3 is 2.41 bits per heavy atom. The molecule has 3 aromatic rings. The van der Waals surface area contributed by atoms with Crippen molar-refractivity contribution in [3.8, 4) is 5.88 Å². The fourth-order valence-electron chi connectivity index (χ4n) is 6.95. The number of benzene rings is 1. The monoisotopic (exact) mass is 705 g/mol. The average Bonchev–Trinajstić information content (AvgIpc) is 3.63. The number of ketones is 1. The molecule has 0 radical (unpaired) electrons. The van der Waals surface area contributed by atoms with Crippen LogP contribution >= 0.6 is 0 Å². The Hall–Kier alpha value is -4.72. The van der Waals surface area contributed by atoms with Crippen molar-refractivity contribution < 1.29 is 32.9 Å². The SMILES string of the molecule is CCc1nonc1C(=O)N[C@H](C(=O)Cc1ccc([C@H](C)[C@@H](NC(=O)c2cccnc2OC)C(=O)N2CCN(C)CC2)cc1F)C1CCC(C)CC1. The van der Waals surface area contributed by atoms with Crippen molar-refractivity contribution >= 4 is 23.5 Å². The molecule has 0 spiro atoms. The number of methoxy groups -OCH3 is 1. The second-order valence-electron chi connectivity index (χ2n) is 13.8. The Bertz CT molecular complexity index is 1700. The number of pyridine rings is 1. The van der Waals surface area contributed by atoms with Gasteiger partial charge in [-0.25, -0.2) is 14.0 Å². The molecule has 51 heavy (non-hydrogen) atoms. The number of hydrogen-bond acceptors (Lipinski definition) is 10. The summed E-state index contributed by atoms with van der Waals surface area (Å²) in [6.45, 7) is 8.11. The molecular formula is C37H48FN7O6. The van der Waals surface area contributed by atoms with Gasteiger partial charge in [0.2, 0.25) is 11.8 Å². The first-order valence-electron chi connectivity index (χ1n) is 17.7. The maximum absolute atomic E-state index is 15.9. The molecule has 0 unspecified atom stereocenters. The van der Waals surface area contributed by atoms with Crippen molar-refractivity contribution in [1.29, 1.82) is 0 Å². The average molecular weight is 706 g/mol. The Morgan fingerprint density at radius 1 is 1.02 bits per heavy atom. The van der Waals surface area contributed by atoms with E-state index >= 15 is 4.39 Å². The molecule has 0 bridgehead atoms. The summed E-state index contributed by atoms with van der Waals surface area (Å²) in [7, 11) is 3.39. The van der Waals surface area contributed by atoms with E-state index in [0.717, 1.165) is 25.7 Å². The summed E-state index contributed by atoms with van der Waals surface area (Å²) in [5.74, 6) is -2.38. The van der Waals surface area contributed by atoms with Gasteiger partial charge >= 0.3 is 0 Å². The third-order valence-corrected chi connectivity index (χ3v) is 10.3. The van der Waals surface area contributed by atoms with Gasteiger partial charge in [-0.3, -0.25) is 19.2 Å². The number of ether oxygens (including phenoxy) is 1. The number of aromatic nitrogens is 3. The van der Waals surface area contributed by atoms with Crippen LogP contribution in [0.15, 0.2) is 41.2 Å². The van der Waals surface area contributed by atoms with Crippen LogP contribution in [0.4, 0.5) is 4.39 Å². The summed E-state index contributed by atoms with van der Waals surface area (Å²) in [5, 5.41) is 13.3. The van der Waals surface area contributed by atoms with E-state index in [1.165, 1.54) is 19.4 Å². The first-order valence-corrected chi connectivity index (χ1v) is 17.7. The van der Waals surface area contributed by atoms with E-state index in [4.69, 9.17) is 9.37 Å². The maximum atomic E-state index is 15.9. The minimum atomic E-state index is -1.02. The van der Waals surface area contributed by atoms with Gasteiger partial charge in [-0.1, -0.05) is 50.9 Å². The van der Waals surface area contributed by atoms with E-state index < -0.39 is 35.6 Å². The molecule has 2 N–H and O–H groups in total. The summed E-state index contributed by atoms with van der Waals surface area (Å²) < 4.78 is 26.0. The number of halogens is 1. The molecular weight excluding hydrogens is 657 g/mol. The van der Waals surface area contributed by atoms with Gasteiger partial charge in [-0.15, -0.1) is 0 Å². The van der Waals surface area contributed by atoms with Crippen LogP contribution in [0, 0.1) is 17.7 Å². The number of amides is 3. The van der Waals surface area contributed by atoms with E-state index in [2.05, 4.69) is 37.8 Å². The first kappa shape index (κ1) is 37.5. The molecule has 1 saturated carbocycles. The van der Waals surface area contributed by atoms with Crippen LogP contribution in [0.5, 0.6) is 5.88 Å². The standard InChI is InChI=1S/C37H48FN7O6/c1-6-29-33(43-51-42-29)35(48)41-32(24-11-9-22(2)10-12-24)30(46)21-26-14-13-25(20-28(26)38)23(3)31(37(49)45-18-16-44(4)17-19-45)40-34(47)27-8-7-15-39-36(27)50-5/h7-8,13-15,20,22-24,31-32H,6,9-12,16-19,21H2,1-5H3,(H,40,47)(H,41,48)/t22?,23-,24?,31+,32-/m0/s1. The highest BCUT2D eigenvalue weighted by Gasteiger charge is 2.36. The molecule has 3 atom stereocenters. The summed E-state index contributed by atoms with van der Waals surface area (Å²) in [4.78, 5) is 62.5. The van der Waals surface area contributed by atoms with Gasteiger partial charge in [0.15, 0.2) is 11.5 Å². The lowest BCUT2D eigenvalue weighted by Crippen LogP contribution is -2.55. The smallest absolute Gasteiger partial charge is 0.276 e. The third-order valence-electron chi connectivity index (χ3n) is 10.3. The van der Waals surface area contributed by atoms with Gasteiger partial charge in [0.25, 0.3) is 11.8 Å².